The van der Waals surface area contributed by atoms with Crippen LogP contribution in [-0.4, -0.2) is 27.8 Å². The molecule has 1 aromatic carbocycles. The molecule has 0 bridgehead atoms. The molecule has 0 amide bonds. The Kier molecular flexibility index (Phi) is 6.31. The van der Waals surface area contributed by atoms with Crippen LogP contribution in [0.5, 0.6) is 11.5 Å². The number of phenolic OH excluding ortho intramolecular Hbond substituents is 2. The van der Waals surface area contributed by atoms with Crippen LogP contribution in [0.4, 0.5) is 0 Å². The Morgan fingerprint density at radius 2 is 2.05 bits per heavy atom. The van der Waals surface area contributed by atoms with Crippen LogP contribution in [0.25, 0.3) is 0 Å². The van der Waals surface area contributed by atoms with Crippen molar-refractivity contribution in [3.63, 3.8) is 0 Å². The Morgan fingerprint density at radius 1 is 1.35 bits per heavy atom. The SMILES string of the molecule is CCC(CCc1cccc(O)c1O)CC(CN)C(=O)O. The van der Waals surface area contributed by atoms with E-state index in [9.17, 15) is 15.0 Å². The van der Waals surface area contributed by atoms with Gasteiger partial charge in [0.1, 0.15) is 0 Å². The highest BCUT2D eigenvalue weighted by atomic mass is 16.4. The Morgan fingerprint density at radius 3 is 2.60 bits per heavy atom. The van der Waals surface area contributed by atoms with Gasteiger partial charge >= 0.3 is 5.97 Å². The first kappa shape index (κ1) is 16.3. The van der Waals surface area contributed by atoms with Crippen molar-refractivity contribution < 1.29 is 20.1 Å². The molecule has 0 saturated carbocycles. The van der Waals surface area contributed by atoms with Gasteiger partial charge in [-0.15, -0.1) is 0 Å². The van der Waals surface area contributed by atoms with Crippen molar-refractivity contribution in [1.29, 1.82) is 0 Å². The summed E-state index contributed by atoms with van der Waals surface area (Å²) in [6, 6.07) is 4.88. The summed E-state index contributed by atoms with van der Waals surface area (Å²) in [6.45, 7) is 2.16. The highest BCUT2D eigenvalue weighted by Crippen LogP contribution is 2.31. The lowest BCUT2D eigenvalue weighted by atomic mass is 9.88. The number of nitrogens with two attached hydrogens (primary N) is 1. The second-order valence-electron chi connectivity index (χ2n) is 5.10. The van der Waals surface area contributed by atoms with Crippen LogP contribution in [0.1, 0.15) is 31.7 Å². The standard InChI is InChI=1S/C15H23NO4/c1-2-10(8-12(9-16)15(19)20)6-7-11-4-3-5-13(17)14(11)18/h3-5,10,12,17-18H,2,6-9,16H2,1H3,(H,19,20). The minimum atomic E-state index is -0.855. The molecule has 5 heteroatoms. The lowest BCUT2D eigenvalue weighted by Crippen LogP contribution is -2.26. The first-order valence-corrected chi connectivity index (χ1v) is 6.92. The number of aryl methyl sites for hydroxylation is 1. The van der Waals surface area contributed by atoms with Crippen LogP contribution in [0.2, 0.25) is 0 Å². The van der Waals surface area contributed by atoms with E-state index in [1.165, 1.54) is 6.07 Å². The molecule has 5 nitrogen and oxygen atoms in total. The van der Waals surface area contributed by atoms with Gasteiger partial charge in [-0.05, 0) is 36.8 Å². The number of carboxylic acids is 1. The summed E-state index contributed by atoms with van der Waals surface area (Å²) >= 11 is 0. The molecule has 0 aromatic heterocycles. The number of para-hydroxylation sites is 1. The van der Waals surface area contributed by atoms with Gasteiger partial charge in [0.2, 0.25) is 0 Å². The summed E-state index contributed by atoms with van der Waals surface area (Å²) in [6.07, 6.45) is 2.78. The molecule has 1 aromatic rings. The number of hydrogen-bond donors (Lipinski definition) is 4. The quantitative estimate of drug-likeness (QED) is 0.546. The monoisotopic (exact) mass is 281 g/mol. The number of carboxylic acid groups (broad SMARTS) is 1. The third kappa shape index (κ3) is 4.42. The largest absolute Gasteiger partial charge is 0.504 e. The van der Waals surface area contributed by atoms with Gasteiger partial charge in [0.15, 0.2) is 11.5 Å². The maximum atomic E-state index is 11.0. The molecule has 1 rings (SSSR count). The van der Waals surface area contributed by atoms with Crippen LogP contribution in [-0.2, 0) is 11.2 Å². The van der Waals surface area contributed by atoms with Gasteiger partial charge in [0.05, 0.1) is 5.92 Å². The molecule has 0 heterocycles. The first-order chi connectivity index (χ1) is 9.49. The fraction of sp³-hybridized carbons (Fsp3) is 0.533. The van der Waals surface area contributed by atoms with Gasteiger partial charge in [-0.3, -0.25) is 4.79 Å². The summed E-state index contributed by atoms with van der Waals surface area (Å²) in [7, 11) is 0. The van der Waals surface area contributed by atoms with E-state index in [2.05, 4.69) is 0 Å². The normalized spacial score (nSPS) is 13.9. The van der Waals surface area contributed by atoms with Crippen LogP contribution in [0.15, 0.2) is 18.2 Å². The molecular formula is C15H23NO4. The molecule has 112 valence electrons. The number of rotatable bonds is 8. The summed E-state index contributed by atoms with van der Waals surface area (Å²) in [5, 5.41) is 28.2. The van der Waals surface area contributed by atoms with Gasteiger partial charge in [-0.1, -0.05) is 25.5 Å². The topological polar surface area (TPSA) is 104 Å². The molecular weight excluding hydrogens is 258 g/mol. The summed E-state index contributed by atoms with van der Waals surface area (Å²) in [5.41, 5.74) is 6.16. The molecule has 0 aliphatic carbocycles. The Balaban J connectivity index is 2.61. The average Bonchev–Trinajstić information content (AvgIpc) is 2.43. The number of phenols is 2. The fourth-order valence-corrected chi connectivity index (χ4v) is 2.33. The predicted molar refractivity (Wildman–Crippen MR) is 76.7 cm³/mol. The fourth-order valence-electron chi connectivity index (χ4n) is 2.33. The summed E-state index contributed by atoms with van der Waals surface area (Å²) in [5.74, 6) is -1.35. The Bertz CT molecular complexity index is 447. The second-order valence-corrected chi connectivity index (χ2v) is 5.10. The van der Waals surface area contributed by atoms with Crippen molar-refractivity contribution in [3.8, 4) is 11.5 Å². The van der Waals surface area contributed by atoms with E-state index in [0.717, 1.165) is 12.8 Å². The van der Waals surface area contributed by atoms with Crippen LogP contribution < -0.4 is 5.73 Å². The Hall–Kier alpha value is -1.75. The minimum Gasteiger partial charge on any atom is -0.504 e. The molecule has 20 heavy (non-hydrogen) atoms. The lowest BCUT2D eigenvalue weighted by Gasteiger charge is -2.19. The van der Waals surface area contributed by atoms with E-state index in [1.807, 2.05) is 6.92 Å². The van der Waals surface area contributed by atoms with E-state index in [-0.39, 0.29) is 24.0 Å². The third-order valence-electron chi connectivity index (χ3n) is 3.75. The van der Waals surface area contributed by atoms with Gasteiger partial charge in [0.25, 0.3) is 0 Å². The van der Waals surface area contributed by atoms with Crippen molar-refractivity contribution >= 4 is 5.97 Å². The van der Waals surface area contributed by atoms with Gasteiger partial charge in [-0.2, -0.15) is 0 Å². The van der Waals surface area contributed by atoms with Gasteiger partial charge in [-0.25, -0.2) is 0 Å². The summed E-state index contributed by atoms with van der Waals surface area (Å²) < 4.78 is 0. The molecule has 5 N–H and O–H groups in total. The summed E-state index contributed by atoms with van der Waals surface area (Å²) in [4.78, 5) is 11.0. The lowest BCUT2D eigenvalue weighted by molar-refractivity contribution is -0.142. The minimum absolute atomic E-state index is 0.0871. The molecule has 0 spiro atoms. The maximum Gasteiger partial charge on any atom is 0.307 e. The molecule has 0 radical (unpaired) electrons. The zero-order chi connectivity index (χ0) is 15.1. The number of carbonyl (C=O) groups is 1. The second kappa shape index (κ2) is 7.75. The number of aromatic hydroxyl groups is 2. The van der Waals surface area contributed by atoms with Crippen molar-refractivity contribution in [2.75, 3.05) is 6.54 Å². The highest BCUT2D eigenvalue weighted by Gasteiger charge is 2.20. The van der Waals surface area contributed by atoms with Gasteiger partial charge in [0, 0.05) is 6.54 Å². The van der Waals surface area contributed by atoms with Crippen molar-refractivity contribution in [3.05, 3.63) is 23.8 Å². The highest BCUT2D eigenvalue weighted by molar-refractivity contribution is 5.70. The van der Waals surface area contributed by atoms with Crippen molar-refractivity contribution in [2.45, 2.75) is 32.6 Å². The molecule has 0 saturated heterocycles. The van der Waals surface area contributed by atoms with Crippen LogP contribution in [0, 0.1) is 11.8 Å². The molecule has 0 aliphatic rings. The van der Waals surface area contributed by atoms with E-state index in [4.69, 9.17) is 10.8 Å². The average molecular weight is 281 g/mol. The zero-order valence-corrected chi connectivity index (χ0v) is 11.7. The van der Waals surface area contributed by atoms with Crippen molar-refractivity contribution in [1.82, 2.24) is 0 Å². The first-order valence-electron chi connectivity index (χ1n) is 6.92. The number of hydrogen-bond acceptors (Lipinski definition) is 4. The maximum absolute atomic E-state index is 11.0. The molecule has 2 unspecified atom stereocenters. The Labute approximate surface area is 119 Å². The van der Waals surface area contributed by atoms with E-state index in [0.29, 0.717) is 18.4 Å². The van der Waals surface area contributed by atoms with Gasteiger partial charge < -0.3 is 21.1 Å². The van der Waals surface area contributed by atoms with E-state index >= 15 is 0 Å². The predicted octanol–water partition coefficient (Wildman–Crippen LogP) is 2.11. The number of benzene rings is 1. The molecule has 0 fully saturated rings. The van der Waals surface area contributed by atoms with E-state index in [1.54, 1.807) is 12.1 Å². The number of aliphatic carboxylic acids is 1. The molecule has 2 atom stereocenters. The third-order valence-corrected chi connectivity index (χ3v) is 3.75. The van der Waals surface area contributed by atoms with Crippen molar-refractivity contribution in [2.24, 2.45) is 17.6 Å². The van der Waals surface area contributed by atoms with Crippen LogP contribution >= 0.6 is 0 Å². The zero-order valence-electron chi connectivity index (χ0n) is 11.7. The smallest absolute Gasteiger partial charge is 0.307 e. The van der Waals surface area contributed by atoms with Crippen LogP contribution in [0.3, 0.4) is 0 Å². The molecule has 0 aliphatic heterocycles. The van der Waals surface area contributed by atoms with E-state index < -0.39 is 11.9 Å².